The van der Waals surface area contributed by atoms with E-state index in [0.717, 1.165) is 11.3 Å². The summed E-state index contributed by atoms with van der Waals surface area (Å²) >= 11 is 0. The molecule has 50 valence electrons. The molecule has 0 aromatic carbocycles. The number of aromatic nitrogens is 3. The van der Waals surface area contributed by atoms with Crippen molar-refractivity contribution in [3.63, 3.8) is 0 Å². The molecule has 0 amide bonds. The second-order valence-electron chi connectivity index (χ2n) is 2.22. The fourth-order valence-electron chi connectivity index (χ4n) is 0.985. The van der Waals surface area contributed by atoms with Gasteiger partial charge in [-0.3, -0.25) is 0 Å². The van der Waals surface area contributed by atoms with Crippen LogP contribution in [0.5, 0.6) is 0 Å². The highest BCUT2D eigenvalue weighted by Crippen LogP contribution is 2.01. The Hall–Kier alpha value is -1.38. The number of fused-ring (bicyclic) bond motifs is 1. The molecule has 3 nitrogen and oxygen atoms in total. The third-order valence-electron chi connectivity index (χ3n) is 1.51. The fourth-order valence-corrected chi connectivity index (χ4v) is 0.985. The van der Waals surface area contributed by atoms with Crippen molar-refractivity contribution in [2.45, 2.75) is 6.92 Å². The molecule has 0 saturated heterocycles. The molecule has 0 spiro atoms. The third-order valence-corrected chi connectivity index (χ3v) is 1.51. The van der Waals surface area contributed by atoms with Crippen LogP contribution >= 0.6 is 0 Å². The highest BCUT2D eigenvalue weighted by molar-refractivity contribution is 5.37. The third kappa shape index (κ3) is 0.603. The Labute approximate surface area is 58.3 Å². The first-order chi connectivity index (χ1) is 4.88. The summed E-state index contributed by atoms with van der Waals surface area (Å²) in [5, 5.41) is 7.73. The van der Waals surface area contributed by atoms with Crippen LogP contribution in [0.3, 0.4) is 0 Å². The van der Waals surface area contributed by atoms with Crippen molar-refractivity contribution in [1.29, 1.82) is 0 Å². The van der Waals surface area contributed by atoms with Crippen LogP contribution in [0, 0.1) is 6.92 Å². The minimum atomic E-state index is 0.903. The van der Waals surface area contributed by atoms with Gasteiger partial charge in [0.05, 0.1) is 6.20 Å². The van der Waals surface area contributed by atoms with Crippen molar-refractivity contribution < 1.29 is 0 Å². The van der Waals surface area contributed by atoms with E-state index in [4.69, 9.17) is 0 Å². The van der Waals surface area contributed by atoms with E-state index < -0.39 is 0 Å². The van der Waals surface area contributed by atoms with Crippen LogP contribution in [0.4, 0.5) is 0 Å². The maximum absolute atomic E-state index is 3.92. The first kappa shape index (κ1) is 5.41. The zero-order valence-electron chi connectivity index (χ0n) is 5.65. The summed E-state index contributed by atoms with van der Waals surface area (Å²) in [6, 6.07) is 3.89. The van der Waals surface area contributed by atoms with Gasteiger partial charge in [-0.1, -0.05) is 0 Å². The van der Waals surface area contributed by atoms with Crippen molar-refractivity contribution in [2.24, 2.45) is 0 Å². The topological polar surface area (TPSA) is 30.2 Å². The molecule has 0 N–H and O–H groups in total. The van der Waals surface area contributed by atoms with Crippen molar-refractivity contribution in [3.8, 4) is 0 Å². The summed E-state index contributed by atoms with van der Waals surface area (Å²) in [6.45, 7) is 2.00. The molecule has 3 heteroatoms. The lowest BCUT2D eigenvalue weighted by Gasteiger charge is -1.94. The molecule has 0 bridgehead atoms. The highest BCUT2D eigenvalue weighted by Gasteiger charge is 1.93. The maximum Gasteiger partial charge on any atom is 0.159 e. The van der Waals surface area contributed by atoms with Gasteiger partial charge in [0.15, 0.2) is 5.65 Å². The van der Waals surface area contributed by atoms with Crippen LogP contribution in [-0.4, -0.2) is 14.6 Å². The zero-order chi connectivity index (χ0) is 6.97. The van der Waals surface area contributed by atoms with E-state index in [1.54, 1.807) is 6.20 Å². The van der Waals surface area contributed by atoms with E-state index in [2.05, 4.69) is 10.2 Å². The predicted octanol–water partition coefficient (Wildman–Crippen LogP) is 1.04. The Bertz CT molecular complexity index is 350. The Morgan fingerprint density at radius 1 is 1.50 bits per heavy atom. The van der Waals surface area contributed by atoms with Crippen molar-refractivity contribution in [3.05, 3.63) is 30.2 Å². The van der Waals surface area contributed by atoms with Gasteiger partial charge in [-0.25, -0.2) is 0 Å². The molecule has 2 rings (SSSR count). The Morgan fingerprint density at radius 3 is 3.20 bits per heavy atom. The molecule has 0 aliphatic heterocycles. The molecule has 0 atom stereocenters. The van der Waals surface area contributed by atoms with Gasteiger partial charge in [-0.05, 0) is 19.1 Å². The zero-order valence-corrected chi connectivity index (χ0v) is 5.65. The molecule has 10 heavy (non-hydrogen) atoms. The fraction of sp³-hybridized carbons (Fsp3) is 0.143. The standard InChI is InChI=1S/C7H7N3/c1-6-5-8-9-7-3-2-4-10(6)7/h2-5H,1H3. The number of hydrogen-bond acceptors (Lipinski definition) is 2. The van der Waals surface area contributed by atoms with Crippen molar-refractivity contribution in [2.75, 3.05) is 0 Å². The Balaban J connectivity index is 2.95. The quantitative estimate of drug-likeness (QED) is 0.537. The molecular formula is C7H7N3. The van der Waals surface area contributed by atoms with Crippen LogP contribution < -0.4 is 0 Å². The Kier molecular flexibility index (Phi) is 0.974. The van der Waals surface area contributed by atoms with Crippen molar-refractivity contribution in [1.82, 2.24) is 14.6 Å². The molecule has 2 aromatic rings. The molecule has 0 unspecified atom stereocenters. The molecule has 0 aliphatic rings. The summed E-state index contributed by atoms with van der Waals surface area (Å²) in [4.78, 5) is 0. The Morgan fingerprint density at radius 2 is 2.40 bits per heavy atom. The van der Waals surface area contributed by atoms with E-state index in [0.29, 0.717) is 0 Å². The molecule has 0 aliphatic carbocycles. The lowest BCUT2D eigenvalue weighted by atomic mass is 10.5. The van der Waals surface area contributed by atoms with Gasteiger partial charge in [0, 0.05) is 11.9 Å². The minimum absolute atomic E-state index is 0.903. The van der Waals surface area contributed by atoms with Crippen LogP contribution in [-0.2, 0) is 0 Å². The monoisotopic (exact) mass is 133 g/mol. The number of hydrogen-bond donors (Lipinski definition) is 0. The molecular weight excluding hydrogens is 126 g/mol. The SMILES string of the molecule is Cc1cnnc2cccn12. The average Bonchev–Trinajstić information content (AvgIpc) is 2.36. The largest absolute Gasteiger partial charge is 0.303 e. The van der Waals surface area contributed by atoms with Crippen LogP contribution in [0.2, 0.25) is 0 Å². The summed E-state index contributed by atoms with van der Waals surface area (Å²) in [6.07, 6.45) is 3.71. The second-order valence-corrected chi connectivity index (χ2v) is 2.22. The maximum atomic E-state index is 3.92. The molecule has 0 radical (unpaired) electrons. The van der Waals surface area contributed by atoms with Gasteiger partial charge in [0.25, 0.3) is 0 Å². The van der Waals surface area contributed by atoms with Crippen LogP contribution in [0.25, 0.3) is 5.65 Å². The van der Waals surface area contributed by atoms with Gasteiger partial charge in [0.2, 0.25) is 0 Å². The summed E-state index contributed by atoms with van der Waals surface area (Å²) in [5.74, 6) is 0. The highest BCUT2D eigenvalue weighted by atomic mass is 15.2. The van der Waals surface area contributed by atoms with Gasteiger partial charge >= 0.3 is 0 Å². The summed E-state index contributed by atoms with van der Waals surface area (Å²) in [7, 11) is 0. The van der Waals surface area contributed by atoms with Gasteiger partial charge < -0.3 is 4.40 Å². The normalized spacial score (nSPS) is 10.5. The van der Waals surface area contributed by atoms with E-state index in [9.17, 15) is 0 Å². The number of nitrogens with zero attached hydrogens (tertiary/aromatic N) is 3. The number of rotatable bonds is 0. The van der Waals surface area contributed by atoms with Gasteiger partial charge in [-0.2, -0.15) is 5.10 Å². The second kappa shape index (κ2) is 1.80. The summed E-state index contributed by atoms with van der Waals surface area (Å²) < 4.78 is 1.99. The van der Waals surface area contributed by atoms with E-state index in [1.165, 1.54) is 0 Å². The van der Waals surface area contributed by atoms with Crippen LogP contribution in [0.1, 0.15) is 5.69 Å². The van der Waals surface area contributed by atoms with E-state index >= 15 is 0 Å². The first-order valence-corrected chi connectivity index (χ1v) is 3.13. The molecule has 2 aromatic heterocycles. The molecule has 0 saturated carbocycles. The van der Waals surface area contributed by atoms with Gasteiger partial charge in [0.1, 0.15) is 0 Å². The van der Waals surface area contributed by atoms with Crippen molar-refractivity contribution >= 4 is 5.65 Å². The molecule has 0 fully saturated rings. The lowest BCUT2D eigenvalue weighted by Crippen LogP contribution is -1.92. The average molecular weight is 133 g/mol. The summed E-state index contributed by atoms with van der Waals surface area (Å²) in [5.41, 5.74) is 2.01. The molecule has 2 heterocycles. The van der Waals surface area contributed by atoms with Crippen LogP contribution in [0.15, 0.2) is 24.5 Å². The van der Waals surface area contributed by atoms with E-state index in [1.807, 2.05) is 29.7 Å². The minimum Gasteiger partial charge on any atom is -0.303 e. The predicted molar refractivity (Wildman–Crippen MR) is 37.7 cm³/mol. The van der Waals surface area contributed by atoms with Gasteiger partial charge in [-0.15, -0.1) is 5.10 Å². The van der Waals surface area contributed by atoms with E-state index in [-0.39, 0.29) is 0 Å². The first-order valence-electron chi connectivity index (χ1n) is 3.13. The smallest absolute Gasteiger partial charge is 0.159 e. The number of aryl methyl sites for hydroxylation is 1. The lowest BCUT2D eigenvalue weighted by molar-refractivity contribution is 0.943.